The van der Waals surface area contributed by atoms with E-state index in [0.29, 0.717) is 11.5 Å². The zero-order valence-corrected chi connectivity index (χ0v) is 12.7. The van der Waals surface area contributed by atoms with E-state index < -0.39 is 6.10 Å². The number of carbonyl (C=O) groups excluding carboxylic acids is 1. The highest BCUT2D eigenvalue weighted by molar-refractivity contribution is 5.92. The molecule has 0 radical (unpaired) electrons. The molecule has 6 nitrogen and oxygen atoms in total. The van der Waals surface area contributed by atoms with Gasteiger partial charge in [0.1, 0.15) is 5.82 Å². The van der Waals surface area contributed by atoms with Crippen LogP contribution in [0.5, 0.6) is 0 Å². The van der Waals surface area contributed by atoms with E-state index in [1.165, 1.54) is 0 Å². The van der Waals surface area contributed by atoms with Crippen molar-refractivity contribution < 1.29 is 9.90 Å². The van der Waals surface area contributed by atoms with Gasteiger partial charge >= 0.3 is 0 Å². The molecule has 1 saturated carbocycles. The summed E-state index contributed by atoms with van der Waals surface area (Å²) in [5.41, 5.74) is 0.317. The van der Waals surface area contributed by atoms with Crippen LogP contribution in [0.2, 0.25) is 0 Å². The number of carbonyl (C=O) groups is 1. The van der Waals surface area contributed by atoms with Crippen LogP contribution in [0.25, 0.3) is 0 Å². The van der Waals surface area contributed by atoms with Gasteiger partial charge in [0.2, 0.25) is 0 Å². The zero-order valence-electron chi connectivity index (χ0n) is 12.7. The molecule has 21 heavy (non-hydrogen) atoms. The molecule has 2 rings (SSSR count). The first-order valence-electron chi connectivity index (χ1n) is 7.66. The minimum absolute atomic E-state index is 0.119. The molecule has 1 amide bonds. The predicted octanol–water partition coefficient (Wildman–Crippen LogP) is 1.67. The molecule has 1 aliphatic rings. The highest BCUT2D eigenvalue weighted by atomic mass is 16.3. The van der Waals surface area contributed by atoms with Crippen molar-refractivity contribution in [3.8, 4) is 0 Å². The van der Waals surface area contributed by atoms with Crippen molar-refractivity contribution in [3.63, 3.8) is 0 Å². The molecule has 2 unspecified atom stereocenters. The predicted molar refractivity (Wildman–Crippen MR) is 81.2 cm³/mol. The second-order valence-electron chi connectivity index (χ2n) is 5.57. The molecule has 6 heteroatoms. The van der Waals surface area contributed by atoms with E-state index in [0.717, 1.165) is 38.6 Å². The van der Waals surface area contributed by atoms with Gasteiger partial charge in [-0.3, -0.25) is 4.79 Å². The average Bonchev–Trinajstić information content (AvgIpc) is 2.52. The third-order valence-corrected chi connectivity index (χ3v) is 3.95. The lowest BCUT2D eigenvalue weighted by Gasteiger charge is -2.34. The van der Waals surface area contributed by atoms with Gasteiger partial charge in [-0.25, -0.2) is 0 Å². The van der Waals surface area contributed by atoms with Gasteiger partial charge in [-0.15, -0.1) is 10.2 Å². The molecule has 0 bridgehead atoms. The Morgan fingerprint density at radius 1 is 1.38 bits per heavy atom. The Kier molecular flexibility index (Phi) is 5.50. The molecule has 0 saturated heterocycles. The maximum atomic E-state index is 12.4. The van der Waals surface area contributed by atoms with Gasteiger partial charge in [0, 0.05) is 13.6 Å². The largest absolute Gasteiger partial charge is 0.391 e. The average molecular weight is 292 g/mol. The molecular weight excluding hydrogens is 268 g/mol. The van der Waals surface area contributed by atoms with Crippen LogP contribution in [0.3, 0.4) is 0 Å². The molecule has 0 spiro atoms. The Morgan fingerprint density at radius 3 is 2.76 bits per heavy atom. The summed E-state index contributed by atoms with van der Waals surface area (Å²) < 4.78 is 0. The fourth-order valence-corrected chi connectivity index (χ4v) is 2.67. The molecule has 1 fully saturated rings. The van der Waals surface area contributed by atoms with Crippen LogP contribution < -0.4 is 5.32 Å². The minimum Gasteiger partial charge on any atom is -0.391 e. The molecular formula is C15H24N4O2. The Labute approximate surface area is 125 Å². The lowest BCUT2D eigenvalue weighted by molar-refractivity contribution is 0.0264. The van der Waals surface area contributed by atoms with Crippen molar-refractivity contribution in [3.05, 3.63) is 17.8 Å². The number of aliphatic hydroxyl groups excluding tert-OH is 1. The van der Waals surface area contributed by atoms with E-state index in [1.807, 2.05) is 0 Å². The summed E-state index contributed by atoms with van der Waals surface area (Å²) in [6.45, 7) is 2.90. The second kappa shape index (κ2) is 7.36. The fraction of sp³-hybridized carbons (Fsp3) is 0.667. The SMILES string of the molecule is CCCNc1ccc(C(=O)N(C)C2CCCCC2O)nn1. The third-order valence-electron chi connectivity index (χ3n) is 3.95. The summed E-state index contributed by atoms with van der Waals surface area (Å²) in [6, 6.07) is 3.33. The van der Waals surface area contributed by atoms with Crippen LogP contribution in [0.4, 0.5) is 5.82 Å². The number of rotatable bonds is 5. The number of nitrogens with one attached hydrogen (secondary N) is 1. The van der Waals surface area contributed by atoms with Crippen LogP contribution >= 0.6 is 0 Å². The molecule has 2 N–H and O–H groups in total. The maximum Gasteiger partial charge on any atom is 0.274 e. The summed E-state index contributed by atoms with van der Waals surface area (Å²) in [5.74, 6) is 0.490. The number of aliphatic hydroxyl groups is 1. The maximum absolute atomic E-state index is 12.4. The van der Waals surface area contributed by atoms with Crippen molar-refractivity contribution in [1.82, 2.24) is 15.1 Å². The van der Waals surface area contributed by atoms with Gasteiger partial charge < -0.3 is 15.3 Å². The Morgan fingerprint density at radius 2 is 2.14 bits per heavy atom. The van der Waals surface area contributed by atoms with Gasteiger partial charge in [-0.1, -0.05) is 19.8 Å². The van der Waals surface area contributed by atoms with E-state index in [4.69, 9.17) is 0 Å². The fourth-order valence-electron chi connectivity index (χ4n) is 2.67. The Hall–Kier alpha value is -1.69. The van der Waals surface area contributed by atoms with Crippen LogP contribution in [-0.4, -0.2) is 51.8 Å². The highest BCUT2D eigenvalue weighted by Crippen LogP contribution is 2.23. The summed E-state index contributed by atoms with van der Waals surface area (Å²) >= 11 is 0. The van der Waals surface area contributed by atoms with E-state index >= 15 is 0 Å². The first-order chi connectivity index (χ1) is 10.1. The van der Waals surface area contributed by atoms with Crippen LogP contribution in [0.15, 0.2) is 12.1 Å². The molecule has 1 aromatic rings. The van der Waals surface area contributed by atoms with E-state index in [-0.39, 0.29) is 11.9 Å². The number of hydrogen-bond donors (Lipinski definition) is 2. The van der Waals surface area contributed by atoms with Crippen molar-refractivity contribution in [1.29, 1.82) is 0 Å². The zero-order chi connectivity index (χ0) is 15.2. The van der Waals surface area contributed by atoms with Gasteiger partial charge in [0.25, 0.3) is 5.91 Å². The highest BCUT2D eigenvalue weighted by Gasteiger charge is 2.30. The van der Waals surface area contributed by atoms with Gasteiger partial charge in [0.05, 0.1) is 12.1 Å². The van der Waals surface area contributed by atoms with Crippen LogP contribution in [0, 0.1) is 0 Å². The quantitative estimate of drug-likeness (QED) is 0.863. The van der Waals surface area contributed by atoms with E-state index in [2.05, 4.69) is 22.4 Å². The number of likely N-dealkylation sites (N-methyl/N-ethyl adjacent to an activating group) is 1. The summed E-state index contributed by atoms with van der Waals surface area (Å²) in [5, 5.41) is 21.2. The number of amides is 1. The van der Waals surface area contributed by atoms with Crippen molar-refractivity contribution in [2.45, 2.75) is 51.2 Å². The van der Waals surface area contributed by atoms with Crippen molar-refractivity contribution in [2.75, 3.05) is 18.9 Å². The molecule has 1 aromatic heterocycles. The smallest absolute Gasteiger partial charge is 0.274 e. The lowest BCUT2D eigenvalue weighted by Crippen LogP contribution is -2.46. The number of aromatic nitrogens is 2. The molecule has 2 atom stereocenters. The Bertz CT molecular complexity index is 463. The molecule has 1 heterocycles. The summed E-state index contributed by atoms with van der Waals surface area (Å²) in [7, 11) is 1.73. The number of nitrogens with zero attached hydrogens (tertiary/aromatic N) is 3. The molecule has 0 aliphatic heterocycles. The first-order valence-corrected chi connectivity index (χ1v) is 7.66. The normalized spacial score (nSPS) is 21.9. The van der Waals surface area contributed by atoms with Crippen LogP contribution in [0.1, 0.15) is 49.5 Å². The van der Waals surface area contributed by atoms with Gasteiger partial charge in [0.15, 0.2) is 5.69 Å². The first kappa shape index (κ1) is 15.7. The van der Waals surface area contributed by atoms with Crippen molar-refractivity contribution >= 4 is 11.7 Å². The number of anilines is 1. The third kappa shape index (κ3) is 3.91. The lowest BCUT2D eigenvalue weighted by atomic mass is 9.91. The minimum atomic E-state index is -0.439. The van der Waals surface area contributed by atoms with Crippen molar-refractivity contribution in [2.24, 2.45) is 0 Å². The molecule has 0 aromatic carbocycles. The van der Waals surface area contributed by atoms with Crippen LogP contribution in [-0.2, 0) is 0 Å². The summed E-state index contributed by atoms with van der Waals surface area (Å²) in [4.78, 5) is 14.0. The topological polar surface area (TPSA) is 78.4 Å². The molecule has 116 valence electrons. The second-order valence-corrected chi connectivity index (χ2v) is 5.57. The summed E-state index contributed by atoms with van der Waals surface area (Å²) in [6.07, 6.45) is 4.24. The monoisotopic (exact) mass is 292 g/mol. The van der Waals surface area contributed by atoms with E-state index in [1.54, 1.807) is 24.1 Å². The standard InChI is InChI=1S/C15H24N4O2/c1-3-10-16-14-9-8-11(17-18-14)15(21)19(2)12-6-4-5-7-13(12)20/h8-9,12-13,20H,3-7,10H2,1-2H3,(H,16,18). The van der Waals surface area contributed by atoms with Gasteiger partial charge in [-0.05, 0) is 31.4 Å². The van der Waals surface area contributed by atoms with Gasteiger partial charge in [-0.2, -0.15) is 0 Å². The van der Waals surface area contributed by atoms with E-state index in [9.17, 15) is 9.90 Å². The Balaban J connectivity index is 2.01. The molecule has 1 aliphatic carbocycles. The number of hydrogen-bond acceptors (Lipinski definition) is 5.